The molecular formula is C24H30ClNO4. The Morgan fingerprint density at radius 2 is 1.50 bits per heavy atom. The molecule has 30 heavy (non-hydrogen) atoms. The summed E-state index contributed by atoms with van der Waals surface area (Å²) in [4.78, 5) is 14.8. The molecule has 1 aliphatic heterocycles. The van der Waals surface area contributed by atoms with Crippen molar-refractivity contribution in [2.24, 2.45) is 0 Å². The molecule has 0 bridgehead atoms. The van der Waals surface area contributed by atoms with Gasteiger partial charge in [-0.05, 0) is 24.0 Å². The zero-order valence-electron chi connectivity index (χ0n) is 17.3. The maximum atomic E-state index is 12.8. The molecule has 162 valence electrons. The number of carbonyl (C=O) groups is 1. The van der Waals surface area contributed by atoms with Crippen molar-refractivity contribution in [3.8, 4) is 0 Å². The highest BCUT2D eigenvalue weighted by atomic mass is 35.5. The van der Waals surface area contributed by atoms with Crippen LogP contribution in [-0.4, -0.2) is 48.8 Å². The van der Waals surface area contributed by atoms with Crippen LogP contribution in [0.25, 0.3) is 0 Å². The third-order valence-electron chi connectivity index (χ3n) is 5.15. The Morgan fingerprint density at radius 3 is 2.03 bits per heavy atom. The normalized spacial score (nSPS) is 17.2. The number of ether oxygens (including phenoxy) is 3. The van der Waals surface area contributed by atoms with Crippen molar-refractivity contribution in [1.82, 2.24) is 4.90 Å². The molecule has 0 aromatic heterocycles. The first kappa shape index (κ1) is 22.8. The van der Waals surface area contributed by atoms with Crippen molar-refractivity contribution in [2.75, 3.05) is 25.8 Å². The molecule has 1 saturated heterocycles. The van der Waals surface area contributed by atoms with E-state index in [1.165, 1.54) is 0 Å². The van der Waals surface area contributed by atoms with E-state index < -0.39 is 6.10 Å². The van der Waals surface area contributed by atoms with Gasteiger partial charge in [0.1, 0.15) is 12.1 Å². The van der Waals surface area contributed by atoms with Gasteiger partial charge in [0, 0.05) is 6.54 Å². The molecule has 0 spiro atoms. The SMILES string of the molecule is O=C(OC(COCc1ccccc1)COCc1ccccc1)[C@@H]1CCCCN1CCl. The van der Waals surface area contributed by atoms with Gasteiger partial charge in [-0.1, -0.05) is 67.1 Å². The second-order valence-electron chi connectivity index (χ2n) is 7.50. The Bertz CT molecular complexity index is 698. The molecule has 0 amide bonds. The third kappa shape index (κ3) is 7.40. The molecule has 3 rings (SSSR count). The molecule has 0 unspecified atom stereocenters. The van der Waals surface area contributed by atoms with Gasteiger partial charge in [0.2, 0.25) is 0 Å². The lowest BCUT2D eigenvalue weighted by Gasteiger charge is -2.33. The molecule has 1 fully saturated rings. The molecule has 2 aromatic rings. The monoisotopic (exact) mass is 431 g/mol. The molecular weight excluding hydrogens is 402 g/mol. The molecule has 2 aromatic carbocycles. The minimum absolute atomic E-state index is 0.244. The van der Waals surface area contributed by atoms with Crippen molar-refractivity contribution < 1.29 is 19.0 Å². The van der Waals surface area contributed by atoms with Crippen LogP contribution in [0.3, 0.4) is 0 Å². The van der Waals surface area contributed by atoms with E-state index in [1.807, 2.05) is 65.6 Å². The van der Waals surface area contributed by atoms with E-state index in [1.54, 1.807) is 0 Å². The predicted molar refractivity (Wildman–Crippen MR) is 117 cm³/mol. The first-order chi connectivity index (χ1) is 14.8. The summed E-state index contributed by atoms with van der Waals surface area (Å²) in [6, 6.07) is 19.9. The van der Waals surface area contributed by atoms with Crippen LogP contribution in [0.4, 0.5) is 0 Å². The van der Waals surface area contributed by atoms with Gasteiger partial charge >= 0.3 is 5.97 Å². The van der Waals surface area contributed by atoms with Gasteiger partial charge in [0.25, 0.3) is 0 Å². The quantitative estimate of drug-likeness (QED) is 0.300. The second-order valence-corrected chi connectivity index (χ2v) is 7.74. The van der Waals surface area contributed by atoms with Gasteiger partial charge in [-0.3, -0.25) is 9.69 Å². The Kier molecular flexibility index (Phi) is 9.64. The van der Waals surface area contributed by atoms with Crippen LogP contribution >= 0.6 is 11.6 Å². The molecule has 0 aliphatic carbocycles. The number of alkyl halides is 1. The fourth-order valence-electron chi connectivity index (χ4n) is 3.52. The van der Waals surface area contributed by atoms with E-state index in [0.29, 0.717) is 19.2 Å². The van der Waals surface area contributed by atoms with Crippen molar-refractivity contribution in [3.63, 3.8) is 0 Å². The molecule has 1 aliphatic rings. The van der Waals surface area contributed by atoms with Crippen LogP contribution in [-0.2, 0) is 32.2 Å². The molecule has 1 atom stereocenters. The standard InChI is InChI=1S/C24H30ClNO4/c25-19-26-14-8-7-13-23(26)24(27)30-22(17-28-15-20-9-3-1-4-10-20)18-29-16-21-11-5-2-6-12-21/h1-6,9-12,22-23H,7-8,13-19H2/t23-/m0/s1. The highest BCUT2D eigenvalue weighted by Crippen LogP contribution is 2.19. The molecule has 6 heteroatoms. The van der Waals surface area contributed by atoms with Gasteiger partial charge in [0.15, 0.2) is 0 Å². The molecule has 0 N–H and O–H groups in total. The predicted octanol–water partition coefficient (Wildman–Crippen LogP) is 4.38. The van der Waals surface area contributed by atoms with Gasteiger partial charge < -0.3 is 14.2 Å². The molecule has 0 radical (unpaired) electrons. The second kappa shape index (κ2) is 12.7. The summed E-state index contributed by atoms with van der Waals surface area (Å²) >= 11 is 6.03. The van der Waals surface area contributed by atoms with Gasteiger partial charge in [0.05, 0.1) is 32.4 Å². The van der Waals surface area contributed by atoms with Crippen LogP contribution in [0.1, 0.15) is 30.4 Å². The minimum atomic E-state index is -0.468. The number of halogens is 1. The first-order valence-electron chi connectivity index (χ1n) is 10.5. The largest absolute Gasteiger partial charge is 0.456 e. The Morgan fingerprint density at radius 1 is 0.933 bits per heavy atom. The summed E-state index contributed by atoms with van der Waals surface area (Å²) in [5.74, 6) is -0.244. The number of esters is 1. The van der Waals surface area contributed by atoms with E-state index in [4.69, 9.17) is 25.8 Å². The Hall–Kier alpha value is -1.92. The maximum Gasteiger partial charge on any atom is 0.323 e. The summed E-state index contributed by atoms with van der Waals surface area (Å²) in [7, 11) is 0. The van der Waals surface area contributed by atoms with Crippen LogP contribution in [0.15, 0.2) is 60.7 Å². The topological polar surface area (TPSA) is 48.0 Å². The summed E-state index contributed by atoms with van der Waals surface area (Å²) in [5.41, 5.74) is 2.15. The fourth-order valence-corrected chi connectivity index (χ4v) is 3.81. The highest BCUT2D eigenvalue weighted by Gasteiger charge is 2.31. The summed E-state index contributed by atoms with van der Waals surface area (Å²) < 4.78 is 17.5. The zero-order chi connectivity index (χ0) is 21.0. The molecule has 0 saturated carbocycles. The lowest BCUT2D eigenvalue weighted by molar-refractivity contribution is -0.164. The van der Waals surface area contributed by atoms with Crippen molar-refractivity contribution in [1.29, 1.82) is 0 Å². The summed E-state index contributed by atoms with van der Waals surface area (Å²) in [5, 5.41) is 0. The average molecular weight is 432 g/mol. The number of hydrogen-bond acceptors (Lipinski definition) is 5. The van der Waals surface area contributed by atoms with E-state index in [0.717, 1.165) is 36.9 Å². The van der Waals surface area contributed by atoms with Crippen molar-refractivity contribution in [3.05, 3.63) is 71.8 Å². The van der Waals surface area contributed by atoms with Crippen LogP contribution in [0, 0.1) is 0 Å². The van der Waals surface area contributed by atoms with Gasteiger partial charge in [-0.25, -0.2) is 0 Å². The van der Waals surface area contributed by atoms with Crippen LogP contribution < -0.4 is 0 Å². The first-order valence-corrected chi connectivity index (χ1v) is 11.0. The summed E-state index contributed by atoms with van der Waals surface area (Å²) in [6.45, 7) is 2.31. The van der Waals surface area contributed by atoms with Gasteiger partial charge in [-0.15, -0.1) is 11.6 Å². The van der Waals surface area contributed by atoms with Crippen molar-refractivity contribution >= 4 is 17.6 Å². The number of piperidine rings is 1. The van der Waals surface area contributed by atoms with Crippen molar-refractivity contribution in [2.45, 2.75) is 44.6 Å². The highest BCUT2D eigenvalue weighted by molar-refractivity contribution is 6.17. The Balaban J connectivity index is 1.53. The lowest BCUT2D eigenvalue weighted by Crippen LogP contribution is -2.46. The number of benzene rings is 2. The molecule has 1 heterocycles. The minimum Gasteiger partial charge on any atom is -0.456 e. The van der Waals surface area contributed by atoms with Crippen LogP contribution in [0.5, 0.6) is 0 Å². The van der Waals surface area contributed by atoms with Gasteiger partial charge in [-0.2, -0.15) is 0 Å². The number of nitrogens with zero attached hydrogens (tertiary/aromatic N) is 1. The summed E-state index contributed by atoms with van der Waals surface area (Å²) in [6.07, 6.45) is 2.37. The smallest absolute Gasteiger partial charge is 0.323 e. The van der Waals surface area contributed by atoms with E-state index in [9.17, 15) is 4.79 Å². The van der Waals surface area contributed by atoms with E-state index in [-0.39, 0.29) is 25.2 Å². The number of carbonyl (C=O) groups excluding carboxylic acids is 1. The zero-order valence-corrected chi connectivity index (χ0v) is 18.0. The maximum absolute atomic E-state index is 12.8. The fraction of sp³-hybridized carbons (Fsp3) is 0.458. The third-order valence-corrected chi connectivity index (χ3v) is 5.46. The number of hydrogen-bond donors (Lipinski definition) is 0. The van der Waals surface area contributed by atoms with Crippen LogP contribution in [0.2, 0.25) is 0 Å². The Labute approximate surface area is 183 Å². The van der Waals surface area contributed by atoms with E-state index >= 15 is 0 Å². The van der Waals surface area contributed by atoms with E-state index in [2.05, 4.69) is 0 Å². The average Bonchev–Trinajstić information content (AvgIpc) is 2.80. The lowest BCUT2D eigenvalue weighted by atomic mass is 10.0. The molecule has 5 nitrogen and oxygen atoms in total. The number of rotatable bonds is 11. The number of likely N-dealkylation sites (tertiary alicyclic amines) is 1.